The summed E-state index contributed by atoms with van der Waals surface area (Å²) in [5.74, 6) is 1.09. The van der Waals surface area contributed by atoms with Gasteiger partial charge in [-0.2, -0.15) is 0 Å². The van der Waals surface area contributed by atoms with Crippen LogP contribution in [0.1, 0.15) is 30.1 Å². The molecule has 0 saturated heterocycles. The largest absolute Gasteiger partial charge is 0.496 e. The van der Waals surface area contributed by atoms with Gasteiger partial charge >= 0.3 is 5.97 Å². The summed E-state index contributed by atoms with van der Waals surface area (Å²) in [6.07, 6.45) is 3.46. The van der Waals surface area contributed by atoms with Gasteiger partial charge in [-0.25, -0.2) is 4.79 Å². The van der Waals surface area contributed by atoms with E-state index in [4.69, 9.17) is 14.2 Å². The summed E-state index contributed by atoms with van der Waals surface area (Å²) in [7, 11) is 2.80. The van der Waals surface area contributed by atoms with E-state index in [9.17, 15) is 9.59 Å². The first-order valence-electron chi connectivity index (χ1n) is 9.58. The van der Waals surface area contributed by atoms with E-state index in [0.29, 0.717) is 33.7 Å². The minimum absolute atomic E-state index is 0.0461. The summed E-state index contributed by atoms with van der Waals surface area (Å²) in [5.41, 5.74) is 1.37. The number of anilines is 1. The summed E-state index contributed by atoms with van der Waals surface area (Å²) < 4.78 is 16.2. The number of pyridine rings is 1. The van der Waals surface area contributed by atoms with Crippen molar-refractivity contribution in [2.75, 3.05) is 19.5 Å². The van der Waals surface area contributed by atoms with Gasteiger partial charge in [0, 0.05) is 22.7 Å². The van der Waals surface area contributed by atoms with Gasteiger partial charge in [0.05, 0.1) is 19.7 Å². The summed E-state index contributed by atoms with van der Waals surface area (Å²) in [5, 5.41) is 3.63. The van der Waals surface area contributed by atoms with E-state index < -0.39 is 5.97 Å². The Morgan fingerprint density at radius 3 is 2.40 bits per heavy atom. The van der Waals surface area contributed by atoms with Gasteiger partial charge in [0.15, 0.2) is 0 Å². The maximum absolute atomic E-state index is 12.2. The fourth-order valence-electron chi connectivity index (χ4n) is 3.10. The van der Waals surface area contributed by atoms with Gasteiger partial charge in [-0.15, -0.1) is 0 Å². The monoisotopic (exact) mass is 406 g/mol. The Morgan fingerprint density at radius 1 is 1.03 bits per heavy atom. The Bertz CT molecular complexity index is 1120. The van der Waals surface area contributed by atoms with Crippen LogP contribution in [-0.4, -0.2) is 31.1 Å². The summed E-state index contributed by atoms with van der Waals surface area (Å²) in [6, 6.07) is 12.2. The number of methoxy groups -OCH3 is 2. The zero-order valence-electron chi connectivity index (χ0n) is 17.0. The lowest BCUT2D eigenvalue weighted by atomic mass is 10.1. The average Bonchev–Trinajstić information content (AvgIpc) is 3.52. The van der Waals surface area contributed by atoms with E-state index in [1.165, 1.54) is 14.2 Å². The molecule has 2 aromatic carbocycles. The fourth-order valence-corrected chi connectivity index (χ4v) is 3.10. The predicted molar refractivity (Wildman–Crippen MR) is 112 cm³/mol. The number of hydrogen-bond donors (Lipinski definition) is 1. The molecule has 0 aliphatic heterocycles. The highest BCUT2D eigenvalue weighted by molar-refractivity contribution is 5.99. The highest BCUT2D eigenvalue weighted by Gasteiger charge is 2.44. The van der Waals surface area contributed by atoms with E-state index >= 15 is 0 Å². The number of carbonyl (C=O) groups excluding carboxylic acids is 2. The molecule has 7 heteroatoms. The molecule has 1 amide bonds. The third kappa shape index (κ3) is 3.78. The molecule has 0 radical (unpaired) electrons. The van der Waals surface area contributed by atoms with E-state index in [0.717, 1.165) is 18.5 Å². The van der Waals surface area contributed by atoms with Crippen molar-refractivity contribution in [2.45, 2.75) is 19.8 Å². The van der Waals surface area contributed by atoms with Crippen molar-refractivity contribution in [3.05, 3.63) is 54.2 Å². The Hall–Kier alpha value is -3.61. The lowest BCUT2D eigenvalue weighted by molar-refractivity contribution is -0.120. The first-order valence-corrected chi connectivity index (χ1v) is 9.58. The molecule has 0 spiro atoms. The van der Waals surface area contributed by atoms with Gasteiger partial charge in [-0.05, 0) is 55.3 Å². The van der Waals surface area contributed by atoms with Crippen LogP contribution < -0.4 is 14.8 Å². The van der Waals surface area contributed by atoms with Crippen LogP contribution in [0.15, 0.2) is 48.7 Å². The van der Waals surface area contributed by atoms with E-state index in [2.05, 4.69) is 10.3 Å². The number of ether oxygens (including phenoxy) is 3. The zero-order chi connectivity index (χ0) is 21.3. The van der Waals surface area contributed by atoms with Gasteiger partial charge in [-0.3, -0.25) is 9.78 Å². The van der Waals surface area contributed by atoms with Gasteiger partial charge in [0.25, 0.3) is 0 Å². The van der Waals surface area contributed by atoms with Gasteiger partial charge < -0.3 is 19.5 Å². The second kappa shape index (κ2) is 7.67. The third-order valence-electron chi connectivity index (χ3n) is 5.32. The van der Waals surface area contributed by atoms with Gasteiger partial charge in [0.2, 0.25) is 5.91 Å². The Labute approximate surface area is 174 Å². The zero-order valence-corrected chi connectivity index (χ0v) is 17.0. The summed E-state index contributed by atoms with van der Waals surface area (Å²) in [6.45, 7) is 1.97. The number of carbonyl (C=O) groups is 2. The molecule has 4 rings (SSSR count). The molecule has 1 heterocycles. The minimum Gasteiger partial charge on any atom is -0.496 e. The molecule has 0 bridgehead atoms. The molecule has 1 fully saturated rings. The van der Waals surface area contributed by atoms with Gasteiger partial charge in [-0.1, -0.05) is 6.92 Å². The number of aromatic nitrogens is 1. The van der Waals surface area contributed by atoms with Gasteiger partial charge in [0.1, 0.15) is 22.8 Å². The molecule has 3 aromatic rings. The van der Waals surface area contributed by atoms with Crippen LogP contribution in [0.2, 0.25) is 0 Å². The van der Waals surface area contributed by atoms with Crippen molar-refractivity contribution in [1.29, 1.82) is 0 Å². The van der Waals surface area contributed by atoms with Crippen LogP contribution in [0.3, 0.4) is 0 Å². The van der Waals surface area contributed by atoms with Crippen molar-refractivity contribution in [1.82, 2.24) is 4.98 Å². The average molecular weight is 406 g/mol. The lowest BCUT2D eigenvalue weighted by Crippen LogP contribution is -2.21. The first-order chi connectivity index (χ1) is 14.4. The van der Waals surface area contributed by atoms with Crippen molar-refractivity contribution in [2.24, 2.45) is 5.41 Å². The number of fused-ring (bicyclic) bond motifs is 1. The van der Waals surface area contributed by atoms with Crippen molar-refractivity contribution in [3.63, 3.8) is 0 Å². The summed E-state index contributed by atoms with van der Waals surface area (Å²) in [4.78, 5) is 28.5. The molecule has 0 atom stereocenters. The normalized spacial score (nSPS) is 14.1. The molecule has 0 unspecified atom stereocenters. The van der Waals surface area contributed by atoms with Crippen LogP contribution in [0.5, 0.6) is 17.2 Å². The summed E-state index contributed by atoms with van der Waals surface area (Å²) >= 11 is 0. The number of benzene rings is 2. The number of esters is 1. The van der Waals surface area contributed by atoms with Crippen molar-refractivity contribution < 1.29 is 23.8 Å². The quantitative estimate of drug-likeness (QED) is 0.604. The second-order valence-corrected chi connectivity index (χ2v) is 7.51. The molecular weight excluding hydrogens is 384 g/mol. The van der Waals surface area contributed by atoms with Crippen LogP contribution >= 0.6 is 0 Å². The van der Waals surface area contributed by atoms with Crippen LogP contribution in [0.4, 0.5) is 5.69 Å². The van der Waals surface area contributed by atoms with Crippen molar-refractivity contribution >= 4 is 28.5 Å². The highest BCUT2D eigenvalue weighted by Crippen LogP contribution is 2.45. The molecule has 1 aromatic heterocycles. The fraction of sp³-hybridized carbons (Fsp3) is 0.261. The molecule has 1 saturated carbocycles. The number of nitrogens with zero attached hydrogens (tertiary/aromatic N) is 1. The van der Waals surface area contributed by atoms with E-state index in [1.807, 2.05) is 6.92 Å². The van der Waals surface area contributed by atoms with Crippen LogP contribution in [0, 0.1) is 5.41 Å². The molecule has 1 aliphatic carbocycles. The maximum atomic E-state index is 12.2. The Balaban J connectivity index is 1.59. The third-order valence-corrected chi connectivity index (χ3v) is 5.32. The van der Waals surface area contributed by atoms with Crippen LogP contribution in [-0.2, 0) is 9.53 Å². The number of nitrogens with one attached hydrogen (secondary N) is 1. The van der Waals surface area contributed by atoms with E-state index in [-0.39, 0.29) is 11.3 Å². The molecule has 1 N–H and O–H groups in total. The number of rotatable bonds is 6. The molecule has 30 heavy (non-hydrogen) atoms. The molecule has 7 nitrogen and oxygen atoms in total. The smallest absolute Gasteiger partial charge is 0.341 e. The highest BCUT2D eigenvalue weighted by atomic mass is 16.5. The van der Waals surface area contributed by atoms with E-state index in [1.54, 1.807) is 48.7 Å². The molecular formula is C23H22N2O5. The van der Waals surface area contributed by atoms with Crippen LogP contribution in [0.25, 0.3) is 10.9 Å². The lowest BCUT2D eigenvalue weighted by Gasteiger charge is -2.13. The first kappa shape index (κ1) is 19.7. The topological polar surface area (TPSA) is 86.8 Å². The Morgan fingerprint density at radius 2 is 1.77 bits per heavy atom. The minimum atomic E-state index is -0.500. The maximum Gasteiger partial charge on any atom is 0.341 e. The second-order valence-electron chi connectivity index (χ2n) is 7.51. The number of amides is 1. The molecule has 154 valence electrons. The SMILES string of the molecule is COC(=O)c1cc2nccc(Oc3ccc(NC(=O)C4(C)CC4)cc3)c2cc1OC. The standard InChI is InChI=1S/C23H22N2O5/c1-23(9-10-23)22(27)25-14-4-6-15(7-5-14)30-19-8-11-24-18-12-17(21(26)29-3)20(28-2)13-16(18)19/h4-8,11-13H,9-10H2,1-3H3,(H,25,27). The predicted octanol–water partition coefficient (Wildman–Crippen LogP) is 4.56. The Kier molecular flexibility index (Phi) is 5.03. The number of hydrogen-bond acceptors (Lipinski definition) is 6. The molecule has 1 aliphatic rings. The van der Waals surface area contributed by atoms with Crippen molar-refractivity contribution in [3.8, 4) is 17.2 Å².